The summed E-state index contributed by atoms with van der Waals surface area (Å²) in [5.41, 5.74) is -0.511. The second-order valence-corrected chi connectivity index (χ2v) is 11.0. The van der Waals surface area contributed by atoms with Gasteiger partial charge in [0.1, 0.15) is 17.0 Å². The van der Waals surface area contributed by atoms with Gasteiger partial charge in [-0.3, -0.25) is 9.59 Å². The van der Waals surface area contributed by atoms with Crippen LogP contribution in [0.25, 0.3) is 10.9 Å². The normalized spacial score (nSPS) is 16.3. The summed E-state index contributed by atoms with van der Waals surface area (Å²) in [4.78, 5) is 43.4. The van der Waals surface area contributed by atoms with Gasteiger partial charge in [0.2, 0.25) is 5.43 Å². The van der Waals surface area contributed by atoms with Crippen molar-refractivity contribution in [1.29, 1.82) is 0 Å². The Kier molecular flexibility index (Phi) is 9.34. The smallest absolute Gasteiger partial charge is 0.410 e. The topological polar surface area (TPSA) is 81.1 Å². The quantitative estimate of drug-likeness (QED) is 0.469. The number of aromatic nitrogens is 1. The van der Waals surface area contributed by atoms with Crippen LogP contribution in [0.1, 0.15) is 70.7 Å². The van der Waals surface area contributed by atoms with Crippen molar-refractivity contribution in [2.75, 3.05) is 26.8 Å². The van der Waals surface area contributed by atoms with Crippen molar-refractivity contribution in [3.05, 3.63) is 46.0 Å². The second kappa shape index (κ2) is 12.1. The van der Waals surface area contributed by atoms with Crippen LogP contribution in [0.3, 0.4) is 0 Å². The van der Waals surface area contributed by atoms with Gasteiger partial charge in [0.05, 0.1) is 11.6 Å². The van der Waals surface area contributed by atoms with Crippen molar-refractivity contribution in [1.82, 2.24) is 14.4 Å². The molecule has 9 heteroatoms. The lowest BCUT2D eigenvalue weighted by atomic mass is 10.0. The lowest BCUT2D eigenvalue weighted by Crippen LogP contribution is -2.55. The molecule has 1 aliphatic heterocycles. The van der Waals surface area contributed by atoms with Crippen LogP contribution in [0.4, 0.5) is 9.18 Å². The summed E-state index contributed by atoms with van der Waals surface area (Å²) < 4.78 is 26.7. The van der Waals surface area contributed by atoms with Gasteiger partial charge in [-0.1, -0.05) is 0 Å². The van der Waals surface area contributed by atoms with E-state index in [9.17, 15) is 18.8 Å². The third-order valence-electron chi connectivity index (χ3n) is 6.50. The first-order valence-corrected chi connectivity index (χ1v) is 13.0. The van der Waals surface area contributed by atoms with E-state index >= 15 is 0 Å². The molecule has 37 heavy (non-hydrogen) atoms. The van der Waals surface area contributed by atoms with Gasteiger partial charge in [-0.05, 0) is 78.5 Å². The van der Waals surface area contributed by atoms with E-state index < -0.39 is 28.8 Å². The Morgan fingerprint density at radius 3 is 2.59 bits per heavy atom. The zero-order valence-corrected chi connectivity index (χ0v) is 22.9. The number of ether oxygens (including phenoxy) is 2. The number of likely N-dealkylation sites (tertiary alicyclic amines) is 1. The van der Waals surface area contributed by atoms with Crippen LogP contribution in [-0.2, 0) is 16.0 Å². The van der Waals surface area contributed by atoms with Crippen molar-refractivity contribution in [2.24, 2.45) is 0 Å². The summed E-state index contributed by atoms with van der Waals surface area (Å²) in [6, 6.07) is 3.62. The zero-order valence-electron chi connectivity index (χ0n) is 22.9. The van der Waals surface area contributed by atoms with E-state index in [0.29, 0.717) is 44.6 Å². The van der Waals surface area contributed by atoms with Gasteiger partial charge in [-0.2, -0.15) is 0 Å². The molecule has 0 aliphatic carbocycles. The van der Waals surface area contributed by atoms with Gasteiger partial charge >= 0.3 is 6.09 Å². The first kappa shape index (κ1) is 28.6. The van der Waals surface area contributed by atoms with Crippen molar-refractivity contribution in [3.63, 3.8) is 0 Å². The van der Waals surface area contributed by atoms with Crippen LogP contribution >= 0.6 is 0 Å². The first-order valence-electron chi connectivity index (χ1n) is 13.0. The van der Waals surface area contributed by atoms with E-state index in [2.05, 4.69) is 0 Å². The molecule has 0 bridgehead atoms. The maximum absolute atomic E-state index is 14.1. The summed E-state index contributed by atoms with van der Waals surface area (Å²) >= 11 is 0. The third-order valence-corrected chi connectivity index (χ3v) is 6.50. The fourth-order valence-corrected chi connectivity index (χ4v) is 4.87. The van der Waals surface area contributed by atoms with Gasteiger partial charge in [0.15, 0.2) is 0 Å². The first-order chi connectivity index (χ1) is 17.4. The number of benzene rings is 1. The molecule has 2 heterocycles. The molecule has 1 fully saturated rings. The molecule has 1 aromatic carbocycles. The molecule has 0 unspecified atom stereocenters. The minimum atomic E-state index is -0.619. The van der Waals surface area contributed by atoms with Crippen molar-refractivity contribution in [3.8, 4) is 0 Å². The summed E-state index contributed by atoms with van der Waals surface area (Å²) in [6.45, 7) is 11.3. The number of hydrogen-bond acceptors (Lipinski definition) is 5. The Hall–Kier alpha value is -2.94. The molecule has 1 atom stereocenters. The molecular formula is C28H40FN3O5. The number of amides is 2. The number of halogens is 1. The molecular weight excluding hydrogens is 477 g/mol. The van der Waals surface area contributed by atoms with Crippen molar-refractivity contribution >= 4 is 22.9 Å². The van der Waals surface area contributed by atoms with Gasteiger partial charge in [-0.15, -0.1) is 0 Å². The predicted molar refractivity (Wildman–Crippen MR) is 141 cm³/mol. The van der Waals surface area contributed by atoms with Crippen LogP contribution < -0.4 is 5.43 Å². The predicted octanol–water partition coefficient (Wildman–Crippen LogP) is 4.82. The molecule has 0 spiro atoms. The molecule has 204 valence electrons. The number of piperidine rings is 1. The lowest BCUT2D eigenvalue weighted by Gasteiger charge is -2.41. The molecule has 2 aromatic rings. The molecule has 1 saturated heterocycles. The standard InChI is InChI=1S/C28H40FN3O5/c1-19(2)32(21-10-9-14-31(17-21)27(35)37-28(3,4)5)26(34)23-18-30(13-7-8-15-36-6)24-12-11-20(29)16-22(24)25(23)33/h11-12,16,18-19,21H,7-10,13-15,17H2,1-6H3/t21-/m1/s1. The summed E-state index contributed by atoms with van der Waals surface area (Å²) in [7, 11) is 1.64. The average Bonchev–Trinajstić information content (AvgIpc) is 2.82. The molecule has 2 amide bonds. The highest BCUT2D eigenvalue weighted by atomic mass is 19.1. The Morgan fingerprint density at radius 2 is 1.95 bits per heavy atom. The second-order valence-electron chi connectivity index (χ2n) is 11.0. The van der Waals surface area contributed by atoms with E-state index in [1.807, 2.05) is 39.2 Å². The fourth-order valence-electron chi connectivity index (χ4n) is 4.87. The van der Waals surface area contributed by atoms with E-state index in [-0.39, 0.29) is 23.0 Å². The number of nitrogens with zero attached hydrogens (tertiary/aromatic N) is 3. The number of rotatable bonds is 8. The number of aryl methyl sites for hydroxylation is 1. The summed E-state index contributed by atoms with van der Waals surface area (Å²) in [6.07, 6.45) is 4.20. The minimum Gasteiger partial charge on any atom is -0.444 e. The molecule has 8 nitrogen and oxygen atoms in total. The lowest BCUT2D eigenvalue weighted by molar-refractivity contribution is 0.00748. The summed E-state index contributed by atoms with van der Waals surface area (Å²) in [5.74, 6) is -0.936. The van der Waals surface area contributed by atoms with Crippen LogP contribution in [0.5, 0.6) is 0 Å². The van der Waals surface area contributed by atoms with Gasteiger partial charge in [-0.25, -0.2) is 9.18 Å². The van der Waals surface area contributed by atoms with E-state index in [1.165, 1.54) is 12.1 Å². The molecule has 3 rings (SSSR count). The Balaban J connectivity index is 1.96. The SMILES string of the molecule is COCCCCn1cc(C(=O)N(C(C)C)[C@@H]2CCCN(C(=O)OC(C)(C)C)C2)c(=O)c2cc(F)ccc21. The Labute approximate surface area is 218 Å². The van der Waals surface area contributed by atoms with Crippen molar-refractivity contribution < 1.29 is 23.5 Å². The highest BCUT2D eigenvalue weighted by Crippen LogP contribution is 2.23. The maximum atomic E-state index is 14.1. The number of pyridine rings is 1. The van der Waals surface area contributed by atoms with E-state index in [1.54, 1.807) is 29.2 Å². The van der Waals surface area contributed by atoms with E-state index in [0.717, 1.165) is 12.8 Å². The highest BCUT2D eigenvalue weighted by Gasteiger charge is 2.35. The fraction of sp³-hybridized carbons (Fsp3) is 0.607. The van der Waals surface area contributed by atoms with Gasteiger partial charge in [0.25, 0.3) is 5.91 Å². The number of fused-ring (bicyclic) bond motifs is 1. The highest BCUT2D eigenvalue weighted by molar-refractivity contribution is 5.97. The molecule has 0 saturated carbocycles. The Bertz CT molecular complexity index is 1170. The average molecular weight is 518 g/mol. The minimum absolute atomic E-state index is 0.00735. The number of carbonyl (C=O) groups excluding carboxylic acids is 2. The molecule has 0 N–H and O–H groups in total. The Morgan fingerprint density at radius 1 is 1.22 bits per heavy atom. The van der Waals surface area contributed by atoms with Crippen LogP contribution in [-0.4, -0.2) is 70.9 Å². The monoisotopic (exact) mass is 517 g/mol. The van der Waals surface area contributed by atoms with Crippen LogP contribution in [0.15, 0.2) is 29.2 Å². The maximum Gasteiger partial charge on any atom is 0.410 e. The van der Waals surface area contributed by atoms with Crippen molar-refractivity contribution in [2.45, 2.75) is 84.5 Å². The van der Waals surface area contributed by atoms with Crippen LogP contribution in [0, 0.1) is 5.82 Å². The van der Waals surface area contributed by atoms with Gasteiger partial charge in [0, 0.05) is 51.0 Å². The number of methoxy groups -OCH3 is 1. The van der Waals surface area contributed by atoms with Crippen LogP contribution in [0.2, 0.25) is 0 Å². The molecule has 1 aliphatic rings. The zero-order chi connectivity index (χ0) is 27.3. The third kappa shape index (κ3) is 7.09. The van der Waals surface area contributed by atoms with Gasteiger partial charge < -0.3 is 23.8 Å². The summed E-state index contributed by atoms with van der Waals surface area (Å²) in [5, 5.41) is 0.181. The largest absolute Gasteiger partial charge is 0.444 e. The number of hydrogen-bond donors (Lipinski definition) is 0. The number of unbranched alkanes of at least 4 members (excludes halogenated alkanes) is 1. The number of carbonyl (C=O) groups is 2. The van der Waals surface area contributed by atoms with E-state index in [4.69, 9.17) is 9.47 Å². The molecule has 0 radical (unpaired) electrons. The molecule has 1 aromatic heterocycles.